The Hall–Kier alpha value is -1.46. The van der Waals surface area contributed by atoms with Crippen molar-refractivity contribution >= 4 is 33.4 Å². The second-order valence-corrected chi connectivity index (χ2v) is 6.01. The molecule has 1 N–H and O–H groups in total. The fourth-order valence-electron chi connectivity index (χ4n) is 2.35. The van der Waals surface area contributed by atoms with Crippen molar-refractivity contribution in [3.05, 3.63) is 75.6 Å². The lowest BCUT2D eigenvalue weighted by Gasteiger charge is -2.13. The zero-order valence-corrected chi connectivity index (χ0v) is 13.0. The van der Waals surface area contributed by atoms with E-state index in [0.29, 0.717) is 6.42 Å². The number of benzene rings is 2. The number of pyridine rings is 1. The summed E-state index contributed by atoms with van der Waals surface area (Å²) in [7, 11) is 0. The van der Waals surface area contributed by atoms with Crippen LogP contribution in [0.3, 0.4) is 0 Å². The number of aromatic nitrogens is 1. The lowest BCUT2D eigenvalue weighted by Crippen LogP contribution is -2.05. The monoisotopic (exact) mass is 375 g/mol. The Kier molecular flexibility index (Phi) is 3.98. The van der Waals surface area contributed by atoms with E-state index in [-0.39, 0.29) is 0 Å². The lowest BCUT2D eigenvalue weighted by molar-refractivity contribution is 0.175. The van der Waals surface area contributed by atoms with E-state index in [2.05, 4.69) is 51.8 Å². The highest BCUT2D eigenvalue weighted by Crippen LogP contribution is 2.24. The second kappa shape index (κ2) is 5.89. The maximum Gasteiger partial charge on any atom is 0.101 e. The quantitative estimate of drug-likeness (QED) is 0.699. The van der Waals surface area contributed by atoms with Gasteiger partial charge in [-0.05, 0) is 51.7 Å². The van der Waals surface area contributed by atoms with Crippen LogP contribution in [0.1, 0.15) is 17.4 Å². The van der Waals surface area contributed by atoms with Crippen molar-refractivity contribution in [1.29, 1.82) is 0 Å². The topological polar surface area (TPSA) is 33.1 Å². The average molecular weight is 375 g/mol. The van der Waals surface area contributed by atoms with Crippen LogP contribution in [0, 0.1) is 3.57 Å². The molecule has 2 nitrogen and oxygen atoms in total. The maximum absolute atomic E-state index is 10.5. The van der Waals surface area contributed by atoms with Gasteiger partial charge >= 0.3 is 0 Å². The standard InChI is InChI=1S/C17H14INO/c18-14-7-5-12(6-8-14)11-16(20)17-15-4-2-1-3-13(15)9-10-19-17/h1-10,16,20H,11H2. The maximum atomic E-state index is 10.5. The summed E-state index contributed by atoms with van der Waals surface area (Å²) in [6.07, 6.45) is 1.76. The molecule has 0 spiro atoms. The van der Waals surface area contributed by atoms with Crippen molar-refractivity contribution < 1.29 is 5.11 Å². The first kappa shape index (κ1) is 13.5. The zero-order chi connectivity index (χ0) is 13.9. The predicted octanol–water partition coefficient (Wildman–Crippen LogP) is 4.12. The molecule has 0 bridgehead atoms. The number of aliphatic hydroxyl groups is 1. The van der Waals surface area contributed by atoms with E-state index in [0.717, 1.165) is 22.0 Å². The summed E-state index contributed by atoms with van der Waals surface area (Å²) >= 11 is 2.28. The van der Waals surface area contributed by atoms with Crippen LogP contribution in [-0.2, 0) is 6.42 Å². The van der Waals surface area contributed by atoms with Crippen LogP contribution in [0.25, 0.3) is 10.8 Å². The minimum absolute atomic E-state index is 0.581. The van der Waals surface area contributed by atoms with Gasteiger partial charge in [0.1, 0.15) is 6.10 Å². The van der Waals surface area contributed by atoms with Gasteiger partial charge in [0.2, 0.25) is 0 Å². The number of halogens is 1. The van der Waals surface area contributed by atoms with Gasteiger partial charge in [-0.15, -0.1) is 0 Å². The van der Waals surface area contributed by atoms with Gasteiger partial charge in [0, 0.05) is 21.6 Å². The van der Waals surface area contributed by atoms with Crippen LogP contribution < -0.4 is 0 Å². The largest absolute Gasteiger partial charge is 0.386 e. The van der Waals surface area contributed by atoms with Crippen LogP contribution >= 0.6 is 22.6 Å². The van der Waals surface area contributed by atoms with Crippen molar-refractivity contribution in [3.8, 4) is 0 Å². The molecule has 0 radical (unpaired) electrons. The zero-order valence-electron chi connectivity index (χ0n) is 10.8. The molecule has 0 aliphatic heterocycles. The molecule has 1 aromatic heterocycles. The van der Waals surface area contributed by atoms with Gasteiger partial charge < -0.3 is 5.11 Å². The lowest BCUT2D eigenvalue weighted by atomic mass is 10.0. The average Bonchev–Trinajstić information content (AvgIpc) is 2.49. The third-order valence-electron chi connectivity index (χ3n) is 3.36. The third kappa shape index (κ3) is 2.83. The van der Waals surface area contributed by atoms with Crippen LogP contribution in [0.15, 0.2) is 60.8 Å². The fraction of sp³-hybridized carbons (Fsp3) is 0.118. The highest BCUT2D eigenvalue weighted by atomic mass is 127. The van der Waals surface area contributed by atoms with Crippen LogP contribution in [0.2, 0.25) is 0 Å². The van der Waals surface area contributed by atoms with Crippen molar-refractivity contribution in [3.63, 3.8) is 0 Å². The molecule has 3 aromatic rings. The number of fused-ring (bicyclic) bond motifs is 1. The molecule has 1 heterocycles. The van der Waals surface area contributed by atoms with E-state index >= 15 is 0 Å². The summed E-state index contributed by atoms with van der Waals surface area (Å²) in [5.74, 6) is 0. The van der Waals surface area contributed by atoms with Gasteiger partial charge in [-0.25, -0.2) is 0 Å². The molecule has 1 unspecified atom stereocenters. The van der Waals surface area contributed by atoms with Gasteiger partial charge in [0.05, 0.1) is 5.69 Å². The number of aliphatic hydroxyl groups excluding tert-OH is 1. The predicted molar refractivity (Wildman–Crippen MR) is 89.6 cm³/mol. The number of hydrogen-bond donors (Lipinski definition) is 1. The summed E-state index contributed by atoms with van der Waals surface area (Å²) in [5, 5.41) is 12.6. The van der Waals surface area contributed by atoms with Gasteiger partial charge in [-0.3, -0.25) is 4.98 Å². The van der Waals surface area contributed by atoms with Gasteiger partial charge in [0.15, 0.2) is 0 Å². The molecule has 0 saturated carbocycles. The Labute approximate surface area is 131 Å². The van der Waals surface area contributed by atoms with E-state index in [1.54, 1.807) is 6.20 Å². The molecule has 0 fully saturated rings. The fourth-order valence-corrected chi connectivity index (χ4v) is 2.71. The molecule has 0 aliphatic rings. The van der Waals surface area contributed by atoms with Crippen molar-refractivity contribution in [2.45, 2.75) is 12.5 Å². The van der Waals surface area contributed by atoms with E-state index in [9.17, 15) is 5.11 Å². The van der Waals surface area contributed by atoms with Gasteiger partial charge in [-0.1, -0.05) is 36.4 Å². The number of rotatable bonds is 3. The summed E-state index contributed by atoms with van der Waals surface area (Å²) in [4.78, 5) is 4.37. The second-order valence-electron chi connectivity index (χ2n) is 4.76. The molecule has 3 heteroatoms. The Morgan fingerprint density at radius 2 is 1.75 bits per heavy atom. The van der Waals surface area contributed by atoms with Crippen LogP contribution in [-0.4, -0.2) is 10.1 Å². The molecular weight excluding hydrogens is 361 g/mol. The third-order valence-corrected chi connectivity index (χ3v) is 4.08. The Morgan fingerprint density at radius 3 is 2.55 bits per heavy atom. The van der Waals surface area contributed by atoms with E-state index in [1.807, 2.05) is 30.3 Å². The van der Waals surface area contributed by atoms with E-state index in [4.69, 9.17) is 0 Å². The van der Waals surface area contributed by atoms with Crippen LogP contribution in [0.5, 0.6) is 0 Å². The van der Waals surface area contributed by atoms with Crippen LogP contribution in [0.4, 0.5) is 0 Å². The summed E-state index contributed by atoms with van der Waals surface area (Å²) < 4.78 is 1.20. The molecule has 20 heavy (non-hydrogen) atoms. The highest BCUT2D eigenvalue weighted by Gasteiger charge is 2.13. The Morgan fingerprint density at radius 1 is 1.00 bits per heavy atom. The molecule has 2 aromatic carbocycles. The van der Waals surface area contributed by atoms with Gasteiger partial charge in [-0.2, -0.15) is 0 Å². The molecule has 100 valence electrons. The molecule has 3 rings (SSSR count). The minimum atomic E-state index is -0.582. The minimum Gasteiger partial charge on any atom is -0.386 e. The van der Waals surface area contributed by atoms with Crippen molar-refractivity contribution in [2.75, 3.05) is 0 Å². The molecule has 0 amide bonds. The smallest absolute Gasteiger partial charge is 0.101 e. The van der Waals surface area contributed by atoms with E-state index < -0.39 is 6.10 Å². The number of nitrogens with zero attached hydrogens (tertiary/aromatic N) is 1. The van der Waals surface area contributed by atoms with Crippen molar-refractivity contribution in [1.82, 2.24) is 4.98 Å². The summed E-state index contributed by atoms with van der Waals surface area (Å²) in [5.41, 5.74) is 1.87. The highest BCUT2D eigenvalue weighted by molar-refractivity contribution is 14.1. The summed E-state index contributed by atoms with van der Waals surface area (Å²) in [6, 6.07) is 18.2. The SMILES string of the molecule is OC(Cc1ccc(I)cc1)c1nccc2ccccc12. The van der Waals surface area contributed by atoms with E-state index in [1.165, 1.54) is 3.57 Å². The Balaban J connectivity index is 1.92. The van der Waals surface area contributed by atoms with Crippen molar-refractivity contribution in [2.24, 2.45) is 0 Å². The molecule has 0 saturated heterocycles. The normalized spacial score (nSPS) is 12.5. The summed E-state index contributed by atoms with van der Waals surface area (Å²) in [6.45, 7) is 0. The molecule has 0 aliphatic carbocycles. The first-order valence-electron chi connectivity index (χ1n) is 6.50. The Bertz CT molecular complexity index is 719. The van der Waals surface area contributed by atoms with Gasteiger partial charge in [0.25, 0.3) is 0 Å². The molecular formula is C17H14INO. The number of hydrogen-bond acceptors (Lipinski definition) is 2. The first-order chi connectivity index (χ1) is 9.74. The first-order valence-corrected chi connectivity index (χ1v) is 7.58. The molecule has 1 atom stereocenters.